The van der Waals surface area contributed by atoms with Crippen molar-refractivity contribution in [2.24, 2.45) is 25.9 Å². The van der Waals surface area contributed by atoms with Gasteiger partial charge in [0.2, 0.25) is 0 Å². The molecule has 0 N–H and O–H groups in total. The van der Waals surface area contributed by atoms with Crippen LogP contribution in [0.4, 0.5) is 0 Å². The van der Waals surface area contributed by atoms with Crippen LogP contribution in [0.2, 0.25) is 0 Å². The van der Waals surface area contributed by atoms with E-state index >= 15 is 0 Å². The molecular formula is C50H56N6O2. The van der Waals surface area contributed by atoms with Crippen molar-refractivity contribution < 1.29 is 9.59 Å². The van der Waals surface area contributed by atoms with Crippen LogP contribution in [0, 0.1) is 11.8 Å². The van der Waals surface area contributed by atoms with Crippen LogP contribution in [0.1, 0.15) is 85.2 Å². The lowest BCUT2D eigenvalue weighted by Crippen LogP contribution is -2.33. The minimum atomic E-state index is -0.266. The van der Waals surface area contributed by atoms with Gasteiger partial charge in [-0.25, -0.2) is 9.97 Å². The van der Waals surface area contributed by atoms with Crippen molar-refractivity contribution in [3.63, 3.8) is 0 Å². The Hall–Kier alpha value is -5.44. The average molecular weight is 773 g/mol. The third-order valence-corrected chi connectivity index (χ3v) is 12.7. The number of hydrogen-bond donors (Lipinski definition) is 0. The molecule has 6 atom stereocenters. The van der Waals surface area contributed by atoms with Crippen molar-refractivity contribution in [2.75, 3.05) is 28.2 Å². The molecule has 2 aliphatic rings. The summed E-state index contributed by atoms with van der Waals surface area (Å²) in [5.41, 5.74) is 8.33. The molecule has 0 saturated heterocycles. The monoisotopic (exact) mass is 772 g/mol. The second kappa shape index (κ2) is 16.8. The minimum absolute atomic E-state index is 0.0609. The van der Waals surface area contributed by atoms with E-state index in [4.69, 9.17) is 9.97 Å². The molecule has 0 radical (unpaired) electrons. The van der Waals surface area contributed by atoms with E-state index in [0.29, 0.717) is 0 Å². The third-order valence-electron chi connectivity index (χ3n) is 12.7. The number of carbonyl (C=O) groups is 2. The van der Waals surface area contributed by atoms with E-state index in [1.165, 1.54) is 0 Å². The predicted molar refractivity (Wildman–Crippen MR) is 232 cm³/mol. The molecule has 58 heavy (non-hydrogen) atoms. The fourth-order valence-electron chi connectivity index (χ4n) is 9.92. The lowest BCUT2D eigenvalue weighted by Gasteiger charge is -2.28. The highest BCUT2D eigenvalue weighted by Gasteiger charge is 2.42. The van der Waals surface area contributed by atoms with E-state index in [-0.39, 0.29) is 47.3 Å². The number of nitrogens with zero attached hydrogens (tertiary/aromatic N) is 6. The van der Waals surface area contributed by atoms with Gasteiger partial charge >= 0.3 is 0 Å². The molecule has 2 aromatic heterocycles. The Kier molecular flexibility index (Phi) is 11.4. The number of hydrogen-bond acceptors (Lipinski definition) is 6. The van der Waals surface area contributed by atoms with Crippen molar-refractivity contribution in [3.05, 3.63) is 144 Å². The first-order chi connectivity index (χ1) is 28.1. The molecule has 0 bridgehead atoms. The molecule has 0 amide bonds. The van der Waals surface area contributed by atoms with E-state index in [9.17, 15) is 9.59 Å². The number of benzene rings is 4. The zero-order chi connectivity index (χ0) is 40.5. The molecule has 0 aliphatic heterocycles. The maximum atomic E-state index is 14.1. The molecule has 298 valence electrons. The van der Waals surface area contributed by atoms with Gasteiger partial charge in [0.25, 0.3) is 0 Å². The van der Waals surface area contributed by atoms with Crippen LogP contribution >= 0.6 is 0 Å². The fourth-order valence-corrected chi connectivity index (χ4v) is 9.92. The number of aryl methyl sites for hydroxylation is 2. The SMILES string of the molecule is CN(C)[C@@H](C(=O)C1CCC[C@H]1c1nc(-c2ccc(-c3ccc(-c4cn(C)c([C@@H]5CCCC5C(=O)[C@@H](c5ccccc5)N(C)C)n4)cc3)cc2)cn1C)c1ccccc1. The molecule has 2 aliphatic carbocycles. The maximum absolute atomic E-state index is 14.1. The first-order valence-electron chi connectivity index (χ1n) is 20.9. The largest absolute Gasteiger partial charge is 0.337 e. The first kappa shape index (κ1) is 39.4. The van der Waals surface area contributed by atoms with Crippen molar-refractivity contribution >= 4 is 11.6 Å². The van der Waals surface area contributed by atoms with Crippen LogP contribution in [0.5, 0.6) is 0 Å². The number of rotatable bonds is 13. The second-order valence-electron chi connectivity index (χ2n) is 17.0. The topological polar surface area (TPSA) is 76.3 Å². The highest BCUT2D eigenvalue weighted by atomic mass is 16.1. The summed E-state index contributed by atoms with van der Waals surface area (Å²) in [5.74, 6) is 2.64. The van der Waals surface area contributed by atoms with Gasteiger partial charge in [0.1, 0.15) is 11.6 Å². The molecule has 0 spiro atoms. The van der Waals surface area contributed by atoms with Crippen molar-refractivity contribution in [1.82, 2.24) is 28.9 Å². The van der Waals surface area contributed by atoms with Gasteiger partial charge in [0, 0.05) is 61.3 Å². The van der Waals surface area contributed by atoms with Gasteiger partial charge in [-0.15, -0.1) is 0 Å². The standard InChI is InChI=1S/C50H56N6O2/c1-53(2)45(37-15-9-7-10-16-37)47(57)39-19-13-21-41(39)49-51-43(31-55(49)5)35-27-23-33(24-28-35)34-25-29-36(30-26-34)44-32-56(6)50(52-44)42-22-14-20-40(42)48(58)46(54(3)4)38-17-11-8-12-18-38/h7-12,15-18,23-32,39-42,45-46H,13-14,19-22H2,1-6H3/t39?,40?,41-,42-,45-,46-/m1/s1. The van der Waals surface area contributed by atoms with E-state index in [1.807, 2.05) is 74.4 Å². The summed E-state index contributed by atoms with van der Waals surface area (Å²) in [7, 11) is 12.1. The fraction of sp³-hybridized carbons (Fsp3) is 0.360. The van der Waals surface area contributed by atoms with Crippen LogP contribution in [-0.4, -0.2) is 68.7 Å². The highest BCUT2D eigenvalue weighted by molar-refractivity contribution is 5.89. The van der Waals surface area contributed by atoms with E-state index in [0.717, 1.165) is 94.9 Å². The molecule has 2 heterocycles. The summed E-state index contributed by atoms with van der Waals surface area (Å²) in [4.78, 5) is 42.7. The van der Waals surface area contributed by atoms with E-state index in [2.05, 4.69) is 108 Å². The van der Waals surface area contributed by atoms with E-state index < -0.39 is 0 Å². The first-order valence-corrected chi connectivity index (χ1v) is 20.9. The van der Waals surface area contributed by atoms with Gasteiger partial charge in [0.05, 0.1) is 23.5 Å². The Labute approximate surface area is 343 Å². The molecule has 2 saturated carbocycles. The average Bonchev–Trinajstić information content (AvgIpc) is 4.05. The van der Waals surface area contributed by atoms with Crippen LogP contribution < -0.4 is 0 Å². The molecule has 8 nitrogen and oxygen atoms in total. The zero-order valence-electron chi connectivity index (χ0n) is 34.8. The predicted octanol–water partition coefficient (Wildman–Crippen LogP) is 9.67. The molecule has 8 rings (SSSR count). The van der Waals surface area contributed by atoms with Crippen molar-refractivity contribution in [1.29, 1.82) is 0 Å². The van der Waals surface area contributed by atoms with Gasteiger partial charge in [-0.2, -0.15) is 0 Å². The number of aromatic nitrogens is 4. The van der Waals surface area contributed by atoms with Crippen LogP contribution in [0.25, 0.3) is 33.6 Å². The Morgan fingerprint density at radius 2 is 0.862 bits per heavy atom. The molecule has 2 unspecified atom stereocenters. The van der Waals surface area contributed by atoms with Crippen LogP contribution in [-0.2, 0) is 23.7 Å². The van der Waals surface area contributed by atoms with Crippen molar-refractivity contribution in [2.45, 2.75) is 62.4 Å². The molecule has 8 heteroatoms. The number of carbonyl (C=O) groups excluding carboxylic acids is 2. The Morgan fingerprint density at radius 1 is 0.517 bits per heavy atom. The Balaban J connectivity index is 0.960. The quantitative estimate of drug-likeness (QED) is 0.116. The minimum Gasteiger partial charge on any atom is -0.337 e. The third kappa shape index (κ3) is 7.75. The summed E-state index contributed by atoms with van der Waals surface area (Å²) in [6.07, 6.45) is 10.00. The van der Waals surface area contributed by atoms with Gasteiger partial charge in [-0.05, 0) is 76.1 Å². The van der Waals surface area contributed by atoms with Crippen LogP contribution in [0.15, 0.2) is 122 Å². The van der Waals surface area contributed by atoms with Gasteiger partial charge in [-0.3, -0.25) is 19.4 Å². The Bertz CT molecular complexity index is 2180. The number of Topliss-reactive ketones (excluding diaryl/α,β-unsaturated/α-hetero) is 2. The van der Waals surface area contributed by atoms with E-state index in [1.54, 1.807) is 0 Å². The van der Waals surface area contributed by atoms with Gasteiger partial charge < -0.3 is 9.13 Å². The number of imidazole rings is 2. The zero-order valence-corrected chi connectivity index (χ0v) is 34.8. The maximum Gasteiger partial charge on any atom is 0.158 e. The number of likely N-dealkylation sites (N-methyl/N-ethyl adjacent to an activating group) is 2. The summed E-state index contributed by atoms with van der Waals surface area (Å²) in [6, 6.07) is 37.0. The molecule has 2 fully saturated rings. The summed E-state index contributed by atoms with van der Waals surface area (Å²) < 4.78 is 4.26. The molecule has 4 aromatic carbocycles. The summed E-state index contributed by atoms with van der Waals surface area (Å²) in [5, 5.41) is 0. The van der Waals surface area contributed by atoms with Gasteiger partial charge in [-0.1, -0.05) is 122 Å². The lowest BCUT2D eigenvalue weighted by atomic mass is 9.85. The van der Waals surface area contributed by atoms with Crippen LogP contribution in [0.3, 0.4) is 0 Å². The summed E-state index contributed by atoms with van der Waals surface area (Å²) in [6.45, 7) is 0. The number of ketones is 2. The van der Waals surface area contributed by atoms with Gasteiger partial charge in [0.15, 0.2) is 11.6 Å². The normalized spacial score (nSPS) is 20.5. The van der Waals surface area contributed by atoms with Crippen molar-refractivity contribution in [3.8, 4) is 33.6 Å². The highest BCUT2D eigenvalue weighted by Crippen LogP contribution is 2.45. The summed E-state index contributed by atoms with van der Waals surface area (Å²) >= 11 is 0. The molecule has 6 aromatic rings. The smallest absolute Gasteiger partial charge is 0.158 e. The second-order valence-corrected chi connectivity index (χ2v) is 17.0. The lowest BCUT2D eigenvalue weighted by molar-refractivity contribution is -0.128. The Morgan fingerprint density at radius 3 is 1.21 bits per heavy atom. The molecular weight excluding hydrogens is 717 g/mol.